The Morgan fingerprint density at radius 3 is 2.71 bits per heavy atom. The summed E-state index contributed by atoms with van der Waals surface area (Å²) in [6, 6.07) is -1.51. The first-order chi connectivity index (χ1) is 9.29. The van der Waals surface area contributed by atoms with Gasteiger partial charge in [0, 0.05) is 6.20 Å². The first kappa shape index (κ1) is 16.4. The molecule has 0 aromatic carbocycles. The van der Waals surface area contributed by atoms with E-state index in [-0.39, 0.29) is 42.5 Å². The monoisotopic (exact) mass is 322 g/mol. The van der Waals surface area contributed by atoms with E-state index in [0.29, 0.717) is 0 Å². The van der Waals surface area contributed by atoms with Gasteiger partial charge < -0.3 is 14.8 Å². The maximum Gasteiger partial charge on any atom is 1.00 e. The second-order valence-corrected chi connectivity index (χ2v) is 7.71. The fraction of sp³-hybridized carbons (Fsp3) is 0.600. The number of β-lactam (4-membered cyclic amide) rings is 1. The molecular weight excluding hydrogens is 311 g/mol. The smallest absolute Gasteiger partial charge is 0.548 e. The number of carboxylic acid groups (broad SMARTS) is 1. The number of aliphatic carboxylic acids is 1. The van der Waals surface area contributed by atoms with E-state index in [1.807, 2.05) is 0 Å². The average molecular weight is 322 g/mol. The summed E-state index contributed by atoms with van der Waals surface area (Å²) in [6.45, 7) is 1.10. The number of fused-ring (bicyclic) bond motifs is 1. The first-order valence-electron chi connectivity index (χ1n) is 5.88. The van der Waals surface area contributed by atoms with E-state index in [2.05, 4.69) is 10.3 Å². The predicted molar refractivity (Wildman–Crippen MR) is 61.4 cm³/mol. The standard InChI is InChI=1S/C10H12N4O5S.Na/c1-10(5-13-3-2-11-12-13)8(9(16)17)14-6(15)4-7(14)20(10,18)19;/h2-3,7-8H,4-5H2,1H3,(H,16,17);/q;+1/p-1. The van der Waals surface area contributed by atoms with Crippen molar-refractivity contribution < 1.29 is 52.7 Å². The minimum atomic E-state index is -3.84. The van der Waals surface area contributed by atoms with Gasteiger partial charge in [-0.25, -0.2) is 8.42 Å². The van der Waals surface area contributed by atoms with Gasteiger partial charge in [-0.1, -0.05) is 5.21 Å². The molecule has 3 heterocycles. The van der Waals surface area contributed by atoms with Crippen LogP contribution in [0.4, 0.5) is 0 Å². The number of amides is 1. The van der Waals surface area contributed by atoms with E-state index in [1.54, 1.807) is 0 Å². The van der Waals surface area contributed by atoms with Crippen LogP contribution in [-0.2, 0) is 26.0 Å². The van der Waals surface area contributed by atoms with Crippen LogP contribution in [0.25, 0.3) is 0 Å². The van der Waals surface area contributed by atoms with Gasteiger partial charge in [-0.3, -0.25) is 9.48 Å². The molecule has 2 fully saturated rings. The van der Waals surface area contributed by atoms with E-state index in [0.717, 1.165) is 4.90 Å². The fourth-order valence-electron chi connectivity index (χ4n) is 2.91. The van der Waals surface area contributed by atoms with Gasteiger partial charge in [0.1, 0.15) is 10.1 Å². The number of carboxylic acids is 1. The Bertz CT molecular complexity index is 690. The van der Waals surface area contributed by atoms with Crippen molar-refractivity contribution in [3.63, 3.8) is 0 Å². The van der Waals surface area contributed by atoms with Crippen LogP contribution < -0.4 is 34.7 Å². The summed E-state index contributed by atoms with van der Waals surface area (Å²) in [5.41, 5.74) is 0. The average Bonchev–Trinajstić information content (AvgIpc) is 2.87. The quantitative estimate of drug-likeness (QED) is 0.401. The molecule has 3 unspecified atom stereocenters. The SMILES string of the molecule is CC1(Cn2ccnn2)C(C(=O)[O-])N2C(=O)CC2S1(=O)=O.[Na+]. The van der Waals surface area contributed by atoms with Crippen molar-refractivity contribution in [2.45, 2.75) is 36.1 Å². The Balaban J connectivity index is 0.00000161. The van der Waals surface area contributed by atoms with Crippen molar-refractivity contribution in [2.75, 3.05) is 0 Å². The zero-order valence-corrected chi connectivity index (χ0v) is 14.3. The number of sulfone groups is 1. The summed E-state index contributed by atoms with van der Waals surface area (Å²) in [5, 5.41) is 17.5. The third-order valence-electron chi connectivity index (χ3n) is 3.98. The molecule has 2 saturated heterocycles. The fourth-order valence-corrected chi connectivity index (χ4v) is 5.26. The maximum atomic E-state index is 12.5. The van der Waals surface area contributed by atoms with Crippen LogP contribution in [0.1, 0.15) is 13.3 Å². The van der Waals surface area contributed by atoms with E-state index >= 15 is 0 Å². The second kappa shape index (κ2) is 5.04. The van der Waals surface area contributed by atoms with Gasteiger partial charge in [-0.2, -0.15) is 0 Å². The molecule has 3 atom stereocenters. The minimum Gasteiger partial charge on any atom is -0.548 e. The number of nitrogens with zero attached hydrogens (tertiary/aromatic N) is 4. The zero-order chi connectivity index (χ0) is 14.7. The van der Waals surface area contributed by atoms with Crippen LogP contribution in [0.5, 0.6) is 0 Å². The predicted octanol–water partition coefficient (Wildman–Crippen LogP) is -5.85. The molecule has 1 aromatic heterocycles. The van der Waals surface area contributed by atoms with Crippen LogP contribution in [0, 0.1) is 0 Å². The second-order valence-electron chi connectivity index (χ2n) is 5.14. The van der Waals surface area contributed by atoms with Crippen molar-refractivity contribution in [2.24, 2.45) is 0 Å². The largest absolute Gasteiger partial charge is 1.00 e. The summed E-state index contributed by atoms with van der Waals surface area (Å²) in [7, 11) is -3.84. The van der Waals surface area contributed by atoms with Crippen molar-refractivity contribution >= 4 is 21.7 Å². The molecule has 0 spiro atoms. The molecule has 3 rings (SSSR count). The molecule has 9 nitrogen and oxygen atoms in total. The van der Waals surface area contributed by atoms with Crippen LogP contribution in [0.15, 0.2) is 12.4 Å². The third kappa shape index (κ3) is 2.04. The number of carbonyl (C=O) groups is 2. The van der Waals surface area contributed by atoms with E-state index in [4.69, 9.17) is 0 Å². The van der Waals surface area contributed by atoms with Crippen LogP contribution in [-0.4, -0.2) is 56.4 Å². The molecule has 11 heteroatoms. The minimum absolute atomic E-state index is 0. The molecule has 0 saturated carbocycles. The topological polar surface area (TPSA) is 125 Å². The van der Waals surface area contributed by atoms with Gasteiger partial charge in [-0.05, 0) is 6.92 Å². The molecular formula is C10H11N4NaO5S. The molecule has 0 N–H and O–H groups in total. The summed E-state index contributed by atoms with van der Waals surface area (Å²) in [4.78, 5) is 23.8. The van der Waals surface area contributed by atoms with Gasteiger partial charge in [0.25, 0.3) is 0 Å². The van der Waals surface area contributed by atoms with Crippen LogP contribution >= 0.6 is 0 Å². The van der Waals surface area contributed by atoms with Crippen molar-refractivity contribution in [1.82, 2.24) is 19.9 Å². The van der Waals surface area contributed by atoms with Gasteiger partial charge in [0.2, 0.25) is 5.91 Å². The normalized spacial score (nSPS) is 33.0. The Labute approximate surface area is 142 Å². The number of carbonyl (C=O) groups excluding carboxylic acids is 2. The number of hydrogen-bond acceptors (Lipinski definition) is 7. The van der Waals surface area contributed by atoms with Crippen molar-refractivity contribution in [1.29, 1.82) is 0 Å². The molecule has 0 bridgehead atoms. The van der Waals surface area contributed by atoms with E-state index in [1.165, 1.54) is 24.0 Å². The molecule has 1 aromatic rings. The third-order valence-corrected chi connectivity index (χ3v) is 6.75. The van der Waals surface area contributed by atoms with Crippen molar-refractivity contribution in [3.8, 4) is 0 Å². The zero-order valence-electron chi connectivity index (χ0n) is 11.5. The summed E-state index contributed by atoms with van der Waals surface area (Å²) < 4.78 is 24.6. The Morgan fingerprint density at radius 1 is 1.57 bits per heavy atom. The molecule has 2 aliphatic rings. The number of hydrogen-bond donors (Lipinski definition) is 0. The summed E-state index contributed by atoms with van der Waals surface area (Å²) in [6.07, 6.45) is 2.61. The molecule has 0 radical (unpaired) electrons. The molecule has 1 amide bonds. The van der Waals surface area contributed by atoms with Gasteiger partial charge in [0.05, 0.1) is 31.2 Å². The summed E-state index contributed by atoms with van der Waals surface area (Å²) >= 11 is 0. The summed E-state index contributed by atoms with van der Waals surface area (Å²) in [5.74, 6) is -2.07. The van der Waals surface area contributed by atoms with Gasteiger partial charge in [-0.15, -0.1) is 5.10 Å². The molecule has 0 aliphatic carbocycles. The molecule has 108 valence electrons. The maximum absolute atomic E-state index is 12.5. The Morgan fingerprint density at radius 2 is 2.24 bits per heavy atom. The number of rotatable bonds is 3. The van der Waals surface area contributed by atoms with E-state index in [9.17, 15) is 23.1 Å². The van der Waals surface area contributed by atoms with Crippen LogP contribution in [0.3, 0.4) is 0 Å². The van der Waals surface area contributed by atoms with E-state index < -0.39 is 37.9 Å². The first-order valence-corrected chi connectivity index (χ1v) is 7.43. The van der Waals surface area contributed by atoms with Crippen LogP contribution in [0.2, 0.25) is 0 Å². The Kier molecular flexibility index (Phi) is 3.94. The van der Waals surface area contributed by atoms with Crippen molar-refractivity contribution in [3.05, 3.63) is 12.4 Å². The Hall–Kier alpha value is -0.970. The number of aromatic nitrogens is 3. The molecule has 2 aliphatic heterocycles. The van der Waals surface area contributed by atoms with Gasteiger partial charge >= 0.3 is 29.6 Å². The van der Waals surface area contributed by atoms with Gasteiger partial charge in [0.15, 0.2) is 9.84 Å². The molecule has 21 heavy (non-hydrogen) atoms.